The normalized spacial score (nSPS) is 18.0. The number of esters is 1. The Balaban J connectivity index is 1.56. The van der Waals surface area contributed by atoms with Crippen LogP contribution in [0.2, 0.25) is 0 Å². The summed E-state index contributed by atoms with van der Waals surface area (Å²) in [5, 5.41) is 0. The Labute approximate surface area is 149 Å². The van der Waals surface area contributed by atoms with Crippen molar-refractivity contribution in [1.29, 1.82) is 0 Å². The van der Waals surface area contributed by atoms with Crippen molar-refractivity contribution < 1.29 is 27.9 Å². The Morgan fingerprint density at radius 2 is 2.04 bits per heavy atom. The molecular formula is C19H18FNO5. The minimum absolute atomic E-state index is 0.0387. The van der Waals surface area contributed by atoms with Crippen LogP contribution < -0.4 is 0 Å². The van der Waals surface area contributed by atoms with E-state index in [-0.39, 0.29) is 24.4 Å². The fourth-order valence-corrected chi connectivity index (χ4v) is 2.85. The average Bonchev–Trinajstić information content (AvgIpc) is 3.25. The van der Waals surface area contributed by atoms with E-state index in [4.69, 9.17) is 9.15 Å². The highest BCUT2D eigenvalue weighted by Crippen LogP contribution is 2.22. The Morgan fingerprint density at radius 1 is 1.31 bits per heavy atom. The van der Waals surface area contributed by atoms with Gasteiger partial charge in [0.25, 0.3) is 0 Å². The Morgan fingerprint density at radius 3 is 2.69 bits per heavy atom. The van der Waals surface area contributed by atoms with Gasteiger partial charge in [-0.25, -0.2) is 4.39 Å². The number of rotatable bonds is 6. The molecule has 0 bridgehead atoms. The van der Waals surface area contributed by atoms with Crippen molar-refractivity contribution in [1.82, 2.24) is 4.90 Å². The third kappa shape index (κ3) is 3.99. The molecule has 2 atom stereocenters. The maximum absolute atomic E-state index is 12.9. The molecule has 1 aromatic carbocycles. The van der Waals surface area contributed by atoms with Crippen LogP contribution in [0.25, 0.3) is 0 Å². The van der Waals surface area contributed by atoms with Gasteiger partial charge >= 0.3 is 5.97 Å². The molecule has 7 heteroatoms. The zero-order chi connectivity index (χ0) is 18.7. The quantitative estimate of drug-likeness (QED) is 0.585. The van der Waals surface area contributed by atoms with Crippen LogP contribution in [-0.2, 0) is 20.9 Å². The zero-order valence-electron chi connectivity index (χ0n) is 14.2. The molecule has 1 saturated heterocycles. The lowest BCUT2D eigenvalue weighted by molar-refractivity contribution is -0.151. The van der Waals surface area contributed by atoms with Gasteiger partial charge in [-0.3, -0.25) is 14.4 Å². The second-order valence-corrected chi connectivity index (χ2v) is 6.20. The van der Waals surface area contributed by atoms with Gasteiger partial charge in [-0.2, -0.15) is 0 Å². The number of likely N-dealkylation sites (tertiary alicyclic amines) is 1. The third-order valence-corrected chi connectivity index (χ3v) is 4.27. The Bertz CT molecular complexity index is 800. The van der Waals surface area contributed by atoms with Gasteiger partial charge in [0.15, 0.2) is 6.10 Å². The van der Waals surface area contributed by atoms with Gasteiger partial charge in [0.2, 0.25) is 11.7 Å². The molecule has 26 heavy (non-hydrogen) atoms. The minimum atomic E-state index is -1.01. The van der Waals surface area contributed by atoms with Crippen molar-refractivity contribution >= 4 is 17.7 Å². The minimum Gasteiger partial charge on any atom is -0.467 e. The van der Waals surface area contributed by atoms with Crippen LogP contribution in [0.5, 0.6) is 0 Å². The Hall–Kier alpha value is -2.96. The first-order valence-corrected chi connectivity index (χ1v) is 8.24. The summed E-state index contributed by atoms with van der Waals surface area (Å²) in [4.78, 5) is 38.1. The molecule has 0 aliphatic carbocycles. The highest BCUT2D eigenvalue weighted by molar-refractivity contribution is 6.00. The van der Waals surface area contributed by atoms with E-state index in [1.165, 1.54) is 42.4 Å². The molecule has 2 heterocycles. The lowest BCUT2D eigenvalue weighted by Gasteiger charge is -2.17. The monoisotopic (exact) mass is 359 g/mol. The predicted molar refractivity (Wildman–Crippen MR) is 88.5 cm³/mol. The molecule has 0 radical (unpaired) electrons. The number of hydrogen-bond donors (Lipinski definition) is 0. The number of Topliss-reactive ketones (excluding diaryl/α,β-unsaturated/α-hetero) is 1. The number of hydrogen-bond acceptors (Lipinski definition) is 5. The zero-order valence-corrected chi connectivity index (χ0v) is 14.2. The summed E-state index contributed by atoms with van der Waals surface area (Å²) in [6, 6.07) is 8.50. The topological polar surface area (TPSA) is 76.8 Å². The first kappa shape index (κ1) is 17.8. The van der Waals surface area contributed by atoms with E-state index >= 15 is 0 Å². The van der Waals surface area contributed by atoms with Gasteiger partial charge in [0, 0.05) is 18.5 Å². The van der Waals surface area contributed by atoms with E-state index in [0.717, 1.165) is 0 Å². The van der Waals surface area contributed by atoms with Crippen LogP contribution in [0.15, 0.2) is 47.1 Å². The number of ether oxygens (including phenoxy) is 1. The van der Waals surface area contributed by atoms with Gasteiger partial charge in [-0.1, -0.05) is 0 Å². The second kappa shape index (κ2) is 7.51. The van der Waals surface area contributed by atoms with Gasteiger partial charge < -0.3 is 14.1 Å². The van der Waals surface area contributed by atoms with Crippen molar-refractivity contribution in [3.63, 3.8) is 0 Å². The fraction of sp³-hybridized carbons (Fsp3) is 0.316. The molecule has 2 aromatic rings. The summed E-state index contributed by atoms with van der Waals surface area (Å²) in [5.41, 5.74) is 0.258. The molecule has 1 aromatic heterocycles. The first-order chi connectivity index (χ1) is 12.4. The Kier molecular flexibility index (Phi) is 5.16. The number of halogens is 1. The van der Waals surface area contributed by atoms with Gasteiger partial charge in [-0.15, -0.1) is 0 Å². The molecule has 3 rings (SSSR count). The van der Waals surface area contributed by atoms with Crippen LogP contribution in [0, 0.1) is 11.7 Å². The van der Waals surface area contributed by atoms with E-state index in [2.05, 4.69) is 0 Å². The van der Waals surface area contributed by atoms with Crippen LogP contribution in [0.1, 0.15) is 29.5 Å². The highest BCUT2D eigenvalue weighted by Gasteiger charge is 2.37. The number of carbonyl (C=O) groups excluding carboxylic acids is 3. The summed E-state index contributed by atoms with van der Waals surface area (Å²) in [6.45, 7) is 1.97. The number of amides is 1. The molecule has 1 amide bonds. The highest BCUT2D eigenvalue weighted by atomic mass is 19.1. The molecule has 0 N–H and O–H groups in total. The molecule has 0 unspecified atom stereocenters. The molecule has 1 aliphatic rings. The van der Waals surface area contributed by atoms with Gasteiger partial charge in [0.1, 0.15) is 11.6 Å². The van der Waals surface area contributed by atoms with Gasteiger partial charge in [-0.05, 0) is 43.3 Å². The summed E-state index contributed by atoms with van der Waals surface area (Å²) >= 11 is 0. The van der Waals surface area contributed by atoms with E-state index in [1.54, 1.807) is 12.1 Å². The average molecular weight is 359 g/mol. The van der Waals surface area contributed by atoms with Crippen LogP contribution in [-0.4, -0.2) is 35.2 Å². The largest absolute Gasteiger partial charge is 0.467 e. The maximum atomic E-state index is 12.9. The standard InChI is InChI=1S/C19H18FNO5/c1-12(18(23)13-4-6-15(20)7-5-13)26-19(24)14-9-17(22)21(10-14)11-16-3-2-8-25-16/h2-8,12,14H,9-11H2,1H3/t12-,14-/m1/s1. The number of nitrogens with zero attached hydrogens (tertiary/aromatic N) is 1. The molecule has 6 nitrogen and oxygen atoms in total. The lowest BCUT2D eigenvalue weighted by atomic mass is 10.1. The number of ketones is 1. The molecule has 1 fully saturated rings. The first-order valence-electron chi connectivity index (χ1n) is 8.24. The molecular weight excluding hydrogens is 341 g/mol. The smallest absolute Gasteiger partial charge is 0.311 e. The van der Waals surface area contributed by atoms with E-state index < -0.39 is 29.6 Å². The molecule has 1 aliphatic heterocycles. The van der Waals surface area contributed by atoms with Gasteiger partial charge in [0.05, 0.1) is 18.7 Å². The predicted octanol–water partition coefficient (Wildman–Crippen LogP) is 2.58. The van der Waals surface area contributed by atoms with Crippen LogP contribution in [0.4, 0.5) is 4.39 Å². The lowest BCUT2D eigenvalue weighted by Crippen LogP contribution is -2.30. The summed E-state index contributed by atoms with van der Waals surface area (Å²) in [6.07, 6.45) is 0.545. The maximum Gasteiger partial charge on any atom is 0.311 e. The molecule has 0 spiro atoms. The summed E-state index contributed by atoms with van der Waals surface area (Å²) < 4.78 is 23.4. The van der Waals surface area contributed by atoms with Crippen molar-refractivity contribution in [2.24, 2.45) is 5.92 Å². The molecule has 0 saturated carbocycles. The SMILES string of the molecule is C[C@@H](OC(=O)[C@@H]1CC(=O)N(Cc2ccco2)C1)C(=O)c1ccc(F)cc1. The number of benzene rings is 1. The molecule has 136 valence electrons. The van der Waals surface area contributed by atoms with E-state index in [1.807, 2.05) is 0 Å². The number of carbonyl (C=O) groups is 3. The van der Waals surface area contributed by atoms with Crippen molar-refractivity contribution in [2.75, 3.05) is 6.54 Å². The van der Waals surface area contributed by atoms with E-state index in [0.29, 0.717) is 12.3 Å². The number of furan rings is 1. The van der Waals surface area contributed by atoms with E-state index in [9.17, 15) is 18.8 Å². The third-order valence-electron chi connectivity index (χ3n) is 4.27. The summed E-state index contributed by atoms with van der Waals surface area (Å²) in [7, 11) is 0. The van der Waals surface area contributed by atoms with Crippen LogP contribution in [0.3, 0.4) is 0 Å². The van der Waals surface area contributed by atoms with Crippen molar-refractivity contribution in [3.05, 3.63) is 59.8 Å². The fourth-order valence-electron chi connectivity index (χ4n) is 2.85. The summed E-state index contributed by atoms with van der Waals surface area (Å²) in [5.74, 6) is -1.63. The van der Waals surface area contributed by atoms with Crippen molar-refractivity contribution in [2.45, 2.75) is 26.0 Å². The second-order valence-electron chi connectivity index (χ2n) is 6.20. The van der Waals surface area contributed by atoms with Crippen molar-refractivity contribution in [3.8, 4) is 0 Å². The van der Waals surface area contributed by atoms with Crippen LogP contribution >= 0.6 is 0 Å².